The number of rotatable bonds is 6. The van der Waals surface area contributed by atoms with E-state index in [-0.39, 0.29) is 0 Å². The van der Waals surface area contributed by atoms with Crippen LogP contribution in [0.25, 0.3) is 0 Å². The number of amides is 2. The Labute approximate surface area is 158 Å². The van der Waals surface area contributed by atoms with Crippen LogP contribution in [-0.4, -0.2) is 32.2 Å². The summed E-state index contributed by atoms with van der Waals surface area (Å²) in [5.74, 6) is -0.392. The van der Waals surface area contributed by atoms with Crippen molar-refractivity contribution in [2.75, 3.05) is 19.5 Å². The lowest BCUT2D eigenvalue weighted by molar-refractivity contribution is -0.136. The molecule has 0 atom stereocenters. The van der Waals surface area contributed by atoms with E-state index in [9.17, 15) is 9.59 Å². The number of carbonyl (C=O) groups excluding carboxylic acids is 2. The number of nitrogens with zero attached hydrogens (tertiary/aromatic N) is 1. The number of ether oxygens (including phenoxy) is 2. The Morgan fingerprint density at radius 1 is 1.00 bits per heavy atom. The predicted octanol–water partition coefficient (Wildman–Crippen LogP) is 2.92. The number of benzene rings is 2. The Kier molecular flexibility index (Phi) is 6.93. The number of carbonyl (C=O) groups is 2. The van der Waals surface area contributed by atoms with Crippen molar-refractivity contribution in [3.05, 3.63) is 53.6 Å². The smallest absolute Gasteiger partial charge is 0.329 e. The van der Waals surface area contributed by atoms with Gasteiger partial charge in [-0.25, -0.2) is 5.43 Å². The van der Waals surface area contributed by atoms with Crippen molar-refractivity contribution in [1.82, 2.24) is 5.43 Å². The fourth-order valence-electron chi connectivity index (χ4n) is 2.27. The van der Waals surface area contributed by atoms with E-state index in [4.69, 9.17) is 9.47 Å². The minimum atomic E-state index is -0.894. The first kappa shape index (κ1) is 20.0. The lowest BCUT2D eigenvalue weighted by atomic mass is 10.0. The molecule has 2 amide bonds. The molecule has 0 saturated carbocycles. The number of hydrogen-bond acceptors (Lipinski definition) is 5. The van der Waals surface area contributed by atoms with Gasteiger partial charge >= 0.3 is 11.8 Å². The maximum absolute atomic E-state index is 12.0. The molecule has 2 N–H and O–H groups in total. The molecule has 0 spiro atoms. The summed E-state index contributed by atoms with van der Waals surface area (Å²) < 4.78 is 10.3. The van der Waals surface area contributed by atoms with Crippen molar-refractivity contribution in [2.45, 2.75) is 19.8 Å². The molecule has 0 radical (unpaired) electrons. The van der Waals surface area contributed by atoms with Gasteiger partial charge in [0.1, 0.15) is 11.5 Å². The summed E-state index contributed by atoms with van der Waals surface area (Å²) in [6, 6.07) is 12.7. The summed E-state index contributed by atoms with van der Waals surface area (Å²) in [6.07, 6.45) is 1.47. The van der Waals surface area contributed by atoms with Crippen LogP contribution < -0.4 is 20.2 Å². The second-order valence-electron chi connectivity index (χ2n) is 6.04. The summed E-state index contributed by atoms with van der Waals surface area (Å²) in [5, 5.41) is 6.29. The molecule has 2 aromatic rings. The quantitative estimate of drug-likeness (QED) is 0.465. The molecular formula is C20H23N3O4. The summed E-state index contributed by atoms with van der Waals surface area (Å²) in [5.41, 5.74) is 4.55. The molecule has 27 heavy (non-hydrogen) atoms. The largest absolute Gasteiger partial charge is 0.497 e. The first-order valence-electron chi connectivity index (χ1n) is 8.41. The highest BCUT2D eigenvalue weighted by molar-refractivity contribution is 6.39. The number of hydrogen-bond donors (Lipinski definition) is 2. The van der Waals surface area contributed by atoms with E-state index in [2.05, 4.69) is 29.7 Å². The van der Waals surface area contributed by atoms with E-state index >= 15 is 0 Å². The van der Waals surface area contributed by atoms with Crippen LogP contribution in [0, 0.1) is 0 Å². The van der Waals surface area contributed by atoms with Crippen LogP contribution in [0.5, 0.6) is 11.5 Å². The van der Waals surface area contributed by atoms with Gasteiger partial charge in [-0.15, -0.1) is 0 Å². The molecule has 0 unspecified atom stereocenters. The number of hydrazone groups is 1. The zero-order chi connectivity index (χ0) is 19.8. The Bertz CT molecular complexity index is 830. The fourth-order valence-corrected chi connectivity index (χ4v) is 2.27. The molecule has 0 fully saturated rings. The van der Waals surface area contributed by atoms with E-state index in [1.165, 1.54) is 26.0 Å². The number of anilines is 1. The van der Waals surface area contributed by atoms with Crippen molar-refractivity contribution < 1.29 is 19.1 Å². The van der Waals surface area contributed by atoms with Crippen molar-refractivity contribution in [2.24, 2.45) is 5.10 Å². The molecule has 7 heteroatoms. The van der Waals surface area contributed by atoms with E-state index in [0.717, 1.165) is 5.56 Å². The van der Waals surface area contributed by atoms with E-state index < -0.39 is 11.8 Å². The van der Waals surface area contributed by atoms with Gasteiger partial charge in [0.05, 0.1) is 26.1 Å². The van der Waals surface area contributed by atoms with Gasteiger partial charge in [0, 0.05) is 6.07 Å². The third-order valence-corrected chi connectivity index (χ3v) is 3.84. The van der Waals surface area contributed by atoms with Gasteiger partial charge in [0.25, 0.3) is 0 Å². The van der Waals surface area contributed by atoms with Crippen LogP contribution in [0.15, 0.2) is 47.6 Å². The third kappa shape index (κ3) is 5.57. The lowest BCUT2D eigenvalue weighted by Gasteiger charge is -2.11. The van der Waals surface area contributed by atoms with Gasteiger partial charge in [-0.2, -0.15) is 5.10 Å². The molecule has 2 rings (SSSR count). The summed E-state index contributed by atoms with van der Waals surface area (Å²) in [4.78, 5) is 24.0. The molecule has 0 aliphatic carbocycles. The minimum Gasteiger partial charge on any atom is -0.497 e. The Morgan fingerprint density at radius 2 is 1.70 bits per heavy atom. The van der Waals surface area contributed by atoms with Crippen LogP contribution in [0.3, 0.4) is 0 Å². The Balaban J connectivity index is 1.96. The van der Waals surface area contributed by atoms with Crippen LogP contribution >= 0.6 is 0 Å². The third-order valence-electron chi connectivity index (χ3n) is 3.84. The first-order chi connectivity index (χ1) is 12.9. The van der Waals surface area contributed by atoms with Crippen molar-refractivity contribution in [1.29, 1.82) is 0 Å². The summed E-state index contributed by atoms with van der Waals surface area (Å²) in [6.45, 7) is 4.22. The molecule has 2 aromatic carbocycles. The fraction of sp³-hybridized carbons (Fsp3) is 0.250. The van der Waals surface area contributed by atoms with E-state index in [0.29, 0.717) is 23.1 Å². The lowest BCUT2D eigenvalue weighted by Crippen LogP contribution is -2.32. The Hall–Kier alpha value is -3.35. The normalized spacial score (nSPS) is 10.7. The highest BCUT2D eigenvalue weighted by Gasteiger charge is 2.16. The van der Waals surface area contributed by atoms with Gasteiger partial charge in [-0.05, 0) is 29.2 Å². The molecule has 0 aliphatic rings. The van der Waals surface area contributed by atoms with E-state index in [1.807, 2.05) is 24.3 Å². The first-order valence-corrected chi connectivity index (χ1v) is 8.41. The van der Waals surface area contributed by atoms with Gasteiger partial charge in [-0.3, -0.25) is 9.59 Å². The Morgan fingerprint density at radius 3 is 2.30 bits per heavy atom. The maximum atomic E-state index is 12.0. The number of nitrogens with one attached hydrogen (secondary N) is 2. The van der Waals surface area contributed by atoms with Crippen LogP contribution in [0.4, 0.5) is 5.69 Å². The van der Waals surface area contributed by atoms with Gasteiger partial charge in [0.15, 0.2) is 0 Å². The van der Waals surface area contributed by atoms with Gasteiger partial charge in [0.2, 0.25) is 0 Å². The number of methoxy groups -OCH3 is 2. The molecule has 0 saturated heterocycles. The molecule has 142 valence electrons. The van der Waals surface area contributed by atoms with Gasteiger partial charge < -0.3 is 14.8 Å². The van der Waals surface area contributed by atoms with Crippen molar-refractivity contribution >= 4 is 23.7 Å². The highest BCUT2D eigenvalue weighted by atomic mass is 16.5. The maximum Gasteiger partial charge on any atom is 0.329 e. The minimum absolute atomic E-state index is 0.324. The molecular weight excluding hydrogens is 346 g/mol. The monoisotopic (exact) mass is 369 g/mol. The summed E-state index contributed by atoms with van der Waals surface area (Å²) >= 11 is 0. The zero-order valence-corrected chi connectivity index (χ0v) is 15.8. The second kappa shape index (κ2) is 9.38. The van der Waals surface area contributed by atoms with E-state index in [1.54, 1.807) is 18.2 Å². The average Bonchev–Trinajstić information content (AvgIpc) is 2.68. The van der Waals surface area contributed by atoms with Crippen LogP contribution in [0.1, 0.15) is 30.9 Å². The highest BCUT2D eigenvalue weighted by Crippen LogP contribution is 2.28. The van der Waals surface area contributed by atoms with Crippen LogP contribution in [-0.2, 0) is 9.59 Å². The van der Waals surface area contributed by atoms with Crippen molar-refractivity contribution in [3.63, 3.8) is 0 Å². The topological polar surface area (TPSA) is 89.0 Å². The summed E-state index contributed by atoms with van der Waals surface area (Å²) in [7, 11) is 2.97. The van der Waals surface area contributed by atoms with Crippen molar-refractivity contribution in [3.8, 4) is 11.5 Å². The molecule has 0 heterocycles. The molecule has 7 nitrogen and oxygen atoms in total. The molecule has 0 aliphatic heterocycles. The van der Waals surface area contributed by atoms with Gasteiger partial charge in [-0.1, -0.05) is 38.1 Å². The second-order valence-corrected chi connectivity index (χ2v) is 6.04. The molecule has 0 aromatic heterocycles. The van der Waals surface area contributed by atoms with Crippen LogP contribution in [0.2, 0.25) is 0 Å². The SMILES string of the molecule is COc1ccc(OC)c(NC(=O)C(=O)NN=Cc2ccc(C(C)C)cc2)c1. The standard InChI is InChI=1S/C20H23N3O4/c1-13(2)15-7-5-14(6-8-15)12-21-23-20(25)19(24)22-17-11-16(26-3)9-10-18(17)27-4/h5-13H,1-4H3,(H,22,24)(H,23,25). The molecule has 0 bridgehead atoms. The zero-order valence-electron chi connectivity index (χ0n) is 15.8. The predicted molar refractivity (Wildman–Crippen MR) is 104 cm³/mol. The average molecular weight is 369 g/mol.